The van der Waals surface area contributed by atoms with E-state index in [1.54, 1.807) is 4.90 Å². The lowest BCUT2D eigenvalue weighted by Gasteiger charge is -2.43. The van der Waals surface area contributed by atoms with Crippen LogP contribution < -0.4 is 10.6 Å². The van der Waals surface area contributed by atoms with Crippen molar-refractivity contribution in [3.63, 3.8) is 0 Å². The molecule has 2 aliphatic rings. The van der Waals surface area contributed by atoms with Crippen LogP contribution in [0.15, 0.2) is 0 Å². The minimum Gasteiger partial charge on any atom is -0.355 e. The van der Waals surface area contributed by atoms with Crippen molar-refractivity contribution in [2.75, 3.05) is 26.2 Å². The van der Waals surface area contributed by atoms with Gasteiger partial charge in [-0.1, -0.05) is 0 Å². The number of amides is 2. The Morgan fingerprint density at radius 1 is 1.53 bits per heavy atom. The lowest BCUT2D eigenvalue weighted by Crippen LogP contribution is -2.57. The van der Waals surface area contributed by atoms with E-state index in [-0.39, 0.29) is 24.4 Å². The van der Waals surface area contributed by atoms with Crippen molar-refractivity contribution < 1.29 is 9.59 Å². The van der Waals surface area contributed by atoms with Gasteiger partial charge in [0.2, 0.25) is 11.8 Å². The number of piperidine rings is 2. The topological polar surface area (TPSA) is 61.4 Å². The van der Waals surface area contributed by atoms with E-state index >= 15 is 0 Å². The first-order valence-corrected chi connectivity index (χ1v) is 6.49. The van der Waals surface area contributed by atoms with E-state index in [1.165, 1.54) is 0 Å². The van der Waals surface area contributed by atoms with E-state index in [1.807, 2.05) is 6.92 Å². The molecule has 2 unspecified atom stereocenters. The fourth-order valence-electron chi connectivity index (χ4n) is 2.86. The Labute approximate surface area is 102 Å². The third-order valence-electron chi connectivity index (χ3n) is 3.71. The van der Waals surface area contributed by atoms with E-state index in [9.17, 15) is 9.59 Å². The molecular formula is C12H21N3O2. The van der Waals surface area contributed by atoms with Crippen LogP contribution in [0.1, 0.15) is 26.2 Å². The monoisotopic (exact) mass is 239 g/mol. The fraction of sp³-hybridized carbons (Fsp3) is 0.833. The molecule has 17 heavy (non-hydrogen) atoms. The summed E-state index contributed by atoms with van der Waals surface area (Å²) in [5.41, 5.74) is 0. The third kappa shape index (κ3) is 2.77. The lowest BCUT2D eigenvalue weighted by molar-refractivity contribution is -0.143. The van der Waals surface area contributed by atoms with Gasteiger partial charge in [-0.3, -0.25) is 9.59 Å². The summed E-state index contributed by atoms with van der Waals surface area (Å²) >= 11 is 0. The number of hydrogen-bond donors (Lipinski definition) is 2. The molecule has 0 aromatic rings. The third-order valence-corrected chi connectivity index (χ3v) is 3.71. The Hall–Kier alpha value is -1.10. The van der Waals surface area contributed by atoms with Crippen LogP contribution in [0.2, 0.25) is 0 Å². The molecule has 2 N–H and O–H groups in total. The van der Waals surface area contributed by atoms with Crippen molar-refractivity contribution in [3.05, 3.63) is 0 Å². The number of carbonyl (C=O) groups is 2. The fourth-order valence-corrected chi connectivity index (χ4v) is 2.86. The molecule has 2 saturated heterocycles. The summed E-state index contributed by atoms with van der Waals surface area (Å²) in [6, 6.07) is 0.264. The highest BCUT2D eigenvalue weighted by atomic mass is 16.2. The number of rotatable bonds is 3. The number of nitrogens with one attached hydrogen (secondary N) is 2. The van der Waals surface area contributed by atoms with Gasteiger partial charge in [0.1, 0.15) is 0 Å². The maximum Gasteiger partial charge on any atom is 0.239 e. The first kappa shape index (κ1) is 12.4. The highest BCUT2D eigenvalue weighted by Gasteiger charge is 2.37. The van der Waals surface area contributed by atoms with Gasteiger partial charge in [0.25, 0.3) is 0 Å². The molecule has 0 aliphatic carbocycles. The zero-order chi connectivity index (χ0) is 12.3. The van der Waals surface area contributed by atoms with Gasteiger partial charge in [-0.25, -0.2) is 0 Å². The van der Waals surface area contributed by atoms with Crippen molar-refractivity contribution in [3.8, 4) is 0 Å². The number of likely N-dealkylation sites (N-methyl/N-ethyl adjacent to an activating group) is 1. The molecule has 2 heterocycles. The summed E-state index contributed by atoms with van der Waals surface area (Å²) in [4.78, 5) is 25.3. The Kier molecular flexibility index (Phi) is 3.99. The van der Waals surface area contributed by atoms with Crippen LogP contribution in [0.4, 0.5) is 0 Å². The quantitative estimate of drug-likeness (QED) is 0.712. The van der Waals surface area contributed by atoms with Gasteiger partial charge >= 0.3 is 0 Å². The summed E-state index contributed by atoms with van der Waals surface area (Å²) in [6.45, 7) is 4.66. The van der Waals surface area contributed by atoms with Crippen LogP contribution >= 0.6 is 0 Å². The van der Waals surface area contributed by atoms with Gasteiger partial charge in [-0.15, -0.1) is 0 Å². The lowest BCUT2D eigenvalue weighted by atomic mass is 9.84. The van der Waals surface area contributed by atoms with E-state index in [0.29, 0.717) is 18.9 Å². The Morgan fingerprint density at radius 2 is 2.35 bits per heavy atom. The summed E-state index contributed by atoms with van der Waals surface area (Å²) in [5.74, 6) is 0.621. The molecule has 0 aromatic carbocycles. The van der Waals surface area contributed by atoms with Crippen molar-refractivity contribution in [2.24, 2.45) is 5.92 Å². The van der Waals surface area contributed by atoms with Crippen LogP contribution in [0.25, 0.3) is 0 Å². The summed E-state index contributed by atoms with van der Waals surface area (Å²) < 4.78 is 0. The number of likely N-dealkylation sites (tertiary alicyclic amines) is 1. The highest BCUT2D eigenvalue weighted by Crippen LogP contribution is 2.28. The Balaban J connectivity index is 2.00. The van der Waals surface area contributed by atoms with Gasteiger partial charge < -0.3 is 15.5 Å². The molecule has 2 aliphatic heterocycles. The van der Waals surface area contributed by atoms with Crippen molar-refractivity contribution >= 4 is 11.8 Å². The van der Waals surface area contributed by atoms with E-state index < -0.39 is 0 Å². The standard InChI is InChI=1S/C12H21N3O2/c1-2-14-11(16)8-15-10-5-6-13-7-9(10)3-4-12(15)17/h9-10,13H,2-8H2,1H3,(H,14,16). The number of carbonyl (C=O) groups excluding carboxylic acids is 2. The van der Waals surface area contributed by atoms with Crippen LogP contribution in [0.5, 0.6) is 0 Å². The molecule has 2 fully saturated rings. The van der Waals surface area contributed by atoms with Gasteiger partial charge in [0, 0.05) is 19.0 Å². The maximum atomic E-state index is 11.9. The second-order valence-electron chi connectivity index (χ2n) is 4.83. The smallest absolute Gasteiger partial charge is 0.239 e. The summed E-state index contributed by atoms with van der Waals surface area (Å²) in [6.07, 6.45) is 2.51. The molecule has 96 valence electrons. The van der Waals surface area contributed by atoms with Crippen LogP contribution in [0, 0.1) is 5.92 Å². The molecule has 0 saturated carbocycles. The minimum absolute atomic E-state index is 0.0416. The number of hydrogen-bond acceptors (Lipinski definition) is 3. The zero-order valence-electron chi connectivity index (χ0n) is 10.4. The molecule has 5 heteroatoms. The van der Waals surface area contributed by atoms with Crippen LogP contribution in [-0.2, 0) is 9.59 Å². The van der Waals surface area contributed by atoms with Crippen molar-refractivity contribution in [1.82, 2.24) is 15.5 Å². The van der Waals surface area contributed by atoms with Crippen molar-refractivity contribution in [2.45, 2.75) is 32.2 Å². The van der Waals surface area contributed by atoms with Gasteiger partial charge in [-0.05, 0) is 38.8 Å². The predicted molar refractivity (Wildman–Crippen MR) is 64.4 cm³/mol. The minimum atomic E-state index is -0.0416. The van der Waals surface area contributed by atoms with Gasteiger partial charge in [0.15, 0.2) is 0 Å². The van der Waals surface area contributed by atoms with Crippen molar-refractivity contribution in [1.29, 1.82) is 0 Å². The molecule has 5 nitrogen and oxygen atoms in total. The SMILES string of the molecule is CCNC(=O)CN1C(=O)CCC2CNCCC21. The Morgan fingerprint density at radius 3 is 3.12 bits per heavy atom. The Bertz CT molecular complexity index is 306. The molecule has 0 bridgehead atoms. The van der Waals surface area contributed by atoms with E-state index in [2.05, 4.69) is 10.6 Å². The normalized spacial score (nSPS) is 28.8. The van der Waals surface area contributed by atoms with Crippen LogP contribution in [-0.4, -0.2) is 48.9 Å². The van der Waals surface area contributed by atoms with E-state index in [0.717, 1.165) is 25.9 Å². The molecule has 0 spiro atoms. The van der Waals surface area contributed by atoms with Gasteiger partial charge in [-0.2, -0.15) is 0 Å². The second-order valence-corrected chi connectivity index (χ2v) is 4.83. The molecule has 0 radical (unpaired) electrons. The zero-order valence-corrected chi connectivity index (χ0v) is 10.4. The first-order valence-electron chi connectivity index (χ1n) is 6.49. The molecule has 2 atom stereocenters. The predicted octanol–water partition coefficient (Wildman–Crippen LogP) is -0.277. The molecular weight excluding hydrogens is 218 g/mol. The summed E-state index contributed by atoms with van der Waals surface area (Å²) in [5, 5.41) is 6.12. The molecule has 2 amide bonds. The highest BCUT2D eigenvalue weighted by molar-refractivity contribution is 5.85. The summed E-state index contributed by atoms with van der Waals surface area (Å²) in [7, 11) is 0. The second kappa shape index (κ2) is 5.49. The largest absolute Gasteiger partial charge is 0.355 e. The average molecular weight is 239 g/mol. The van der Waals surface area contributed by atoms with Gasteiger partial charge in [0.05, 0.1) is 6.54 Å². The molecule has 2 rings (SSSR count). The van der Waals surface area contributed by atoms with E-state index in [4.69, 9.17) is 0 Å². The number of fused-ring (bicyclic) bond motifs is 1. The average Bonchev–Trinajstić information content (AvgIpc) is 2.33. The molecule has 0 aromatic heterocycles. The number of nitrogens with zero attached hydrogens (tertiary/aromatic N) is 1. The first-order chi connectivity index (χ1) is 8.22. The maximum absolute atomic E-state index is 11.9. The van der Waals surface area contributed by atoms with Crippen LogP contribution in [0.3, 0.4) is 0 Å².